The number of nitrogen functional groups attached to an aromatic ring is 1. The molecule has 2 aromatic rings. The van der Waals surface area contributed by atoms with Gasteiger partial charge in [0.15, 0.2) is 0 Å². The van der Waals surface area contributed by atoms with E-state index in [1.165, 1.54) is 18.2 Å². The lowest BCUT2D eigenvalue weighted by atomic mass is 10.2. The molecular formula is C11H13N3O2S2. The van der Waals surface area contributed by atoms with Crippen molar-refractivity contribution in [3.63, 3.8) is 0 Å². The van der Waals surface area contributed by atoms with E-state index in [2.05, 4.69) is 5.32 Å². The minimum atomic E-state index is -3.71. The molecule has 0 radical (unpaired) electrons. The summed E-state index contributed by atoms with van der Waals surface area (Å²) in [6.45, 7) is 0.585. The van der Waals surface area contributed by atoms with Crippen molar-refractivity contribution in [3.8, 4) is 0 Å². The van der Waals surface area contributed by atoms with Crippen LogP contribution in [0.25, 0.3) is 0 Å². The third-order valence-corrected chi connectivity index (χ3v) is 4.06. The average molecular weight is 283 g/mol. The van der Waals surface area contributed by atoms with Gasteiger partial charge in [-0.25, -0.2) is 13.6 Å². The van der Waals surface area contributed by atoms with Gasteiger partial charge in [0, 0.05) is 6.54 Å². The molecule has 0 bridgehead atoms. The molecule has 0 unspecified atom stereocenters. The van der Waals surface area contributed by atoms with Gasteiger partial charge in [0.2, 0.25) is 10.0 Å². The quantitative estimate of drug-likeness (QED) is 0.742. The van der Waals surface area contributed by atoms with E-state index in [9.17, 15) is 8.42 Å². The molecule has 18 heavy (non-hydrogen) atoms. The minimum absolute atomic E-state index is 0.0459. The number of nitrogens with one attached hydrogen (secondary N) is 1. The first-order valence-corrected chi connectivity index (χ1v) is 7.63. The Morgan fingerprint density at radius 2 is 2.06 bits per heavy atom. The Kier molecular flexibility index (Phi) is 3.55. The van der Waals surface area contributed by atoms with Crippen molar-refractivity contribution >= 4 is 32.7 Å². The molecule has 0 aliphatic heterocycles. The van der Waals surface area contributed by atoms with Gasteiger partial charge in [0.05, 0.1) is 16.3 Å². The maximum Gasteiger partial charge on any atom is 0.238 e. The number of hydrogen-bond acceptors (Lipinski definition) is 5. The molecule has 5 nitrogen and oxygen atoms in total. The molecule has 2 rings (SSSR count). The highest BCUT2D eigenvalue weighted by atomic mass is 32.2. The molecule has 1 aromatic heterocycles. The lowest BCUT2D eigenvalue weighted by Crippen LogP contribution is -2.13. The Bertz CT molecular complexity index is 636. The molecule has 96 valence electrons. The summed E-state index contributed by atoms with van der Waals surface area (Å²) >= 11 is 1.60. The van der Waals surface area contributed by atoms with Crippen LogP contribution in [0.3, 0.4) is 0 Å². The molecule has 7 heteroatoms. The number of nitrogens with two attached hydrogens (primary N) is 2. The summed E-state index contributed by atoms with van der Waals surface area (Å²) in [5.41, 5.74) is 7.93. The van der Waals surface area contributed by atoms with E-state index in [4.69, 9.17) is 10.9 Å². The van der Waals surface area contributed by atoms with Gasteiger partial charge >= 0.3 is 0 Å². The molecule has 0 aliphatic rings. The van der Waals surface area contributed by atoms with Crippen LogP contribution in [0.4, 0.5) is 11.4 Å². The van der Waals surface area contributed by atoms with Crippen molar-refractivity contribution < 1.29 is 8.42 Å². The molecule has 0 amide bonds. The standard InChI is InChI=1S/C11H13N3O2S2/c12-10-2-1-9(18(13,15)16)5-11(10)14-6-8-3-4-17-7-8/h1-5,7,14H,6,12H2,(H2,13,15,16). The average Bonchev–Trinajstić information content (AvgIpc) is 2.79. The highest BCUT2D eigenvalue weighted by Gasteiger charge is 2.10. The van der Waals surface area contributed by atoms with E-state index in [0.717, 1.165) is 5.56 Å². The molecule has 0 atom stereocenters. The monoisotopic (exact) mass is 283 g/mol. The van der Waals surface area contributed by atoms with E-state index in [1.54, 1.807) is 11.3 Å². The van der Waals surface area contributed by atoms with Crippen LogP contribution in [0.2, 0.25) is 0 Å². The van der Waals surface area contributed by atoms with Gasteiger partial charge in [-0.15, -0.1) is 0 Å². The SMILES string of the molecule is Nc1ccc(S(N)(=O)=O)cc1NCc1ccsc1. The zero-order valence-corrected chi connectivity index (χ0v) is 11.1. The molecule has 0 aliphatic carbocycles. The Morgan fingerprint density at radius 3 is 2.67 bits per heavy atom. The van der Waals surface area contributed by atoms with Crippen LogP contribution in [0.15, 0.2) is 39.9 Å². The summed E-state index contributed by atoms with van der Waals surface area (Å²) in [4.78, 5) is 0.0459. The van der Waals surface area contributed by atoms with Gasteiger partial charge in [-0.3, -0.25) is 0 Å². The van der Waals surface area contributed by atoms with Crippen LogP contribution in [0, 0.1) is 0 Å². The predicted molar refractivity (Wildman–Crippen MR) is 73.9 cm³/mol. The fraction of sp³-hybridized carbons (Fsp3) is 0.0909. The molecule has 0 fully saturated rings. The third kappa shape index (κ3) is 3.00. The first-order valence-electron chi connectivity index (χ1n) is 5.14. The van der Waals surface area contributed by atoms with Crippen LogP contribution >= 0.6 is 11.3 Å². The van der Waals surface area contributed by atoms with E-state index >= 15 is 0 Å². The molecule has 0 saturated carbocycles. The molecule has 0 spiro atoms. The zero-order chi connectivity index (χ0) is 13.2. The van der Waals surface area contributed by atoms with Gasteiger partial charge in [-0.2, -0.15) is 11.3 Å². The number of anilines is 2. The molecule has 5 N–H and O–H groups in total. The van der Waals surface area contributed by atoms with Crippen LogP contribution in [0.1, 0.15) is 5.56 Å². The summed E-state index contributed by atoms with van der Waals surface area (Å²) < 4.78 is 22.5. The number of hydrogen-bond donors (Lipinski definition) is 3. The summed E-state index contributed by atoms with van der Waals surface area (Å²) in [7, 11) is -3.71. The first kappa shape index (κ1) is 12.9. The van der Waals surface area contributed by atoms with Crippen LogP contribution in [-0.2, 0) is 16.6 Å². The van der Waals surface area contributed by atoms with E-state index in [1.807, 2.05) is 16.8 Å². The van der Waals surface area contributed by atoms with Crippen molar-refractivity contribution in [2.75, 3.05) is 11.1 Å². The normalized spacial score (nSPS) is 11.4. The second-order valence-corrected chi connectivity index (χ2v) is 6.12. The maximum atomic E-state index is 11.2. The molecule has 0 saturated heterocycles. The highest BCUT2D eigenvalue weighted by molar-refractivity contribution is 7.89. The Labute approximate surface area is 109 Å². The molecule has 1 heterocycles. The van der Waals surface area contributed by atoms with Crippen molar-refractivity contribution in [1.29, 1.82) is 0 Å². The minimum Gasteiger partial charge on any atom is -0.397 e. The van der Waals surface area contributed by atoms with Gasteiger partial charge in [-0.1, -0.05) is 0 Å². The Morgan fingerprint density at radius 1 is 1.28 bits per heavy atom. The number of sulfonamides is 1. The van der Waals surface area contributed by atoms with Crippen LogP contribution in [-0.4, -0.2) is 8.42 Å². The van der Waals surface area contributed by atoms with E-state index in [0.29, 0.717) is 17.9 Å². The van der Waals surface area contributed by atoms with Crippen molar-refractivity contribution in [2.24, 2.45) is 5.14 Å². The predicted octanol–water partition coefficient (Wildman–Crippen LogP) is 1.59. The summed E-state index contributed by atoms with van der Waals surface area (Å²) in [5.74, 6) is 0. The molecule has 1 aromatic carbocycles. The maximum absolute atomic E-state index is 11.2. The topological polar surface area (TPSA) is 98.2 Å². The second kappa shape index (κ2) is 4.97. The van der Waals surface area contributed by atoms with E-state index in [-0.39, 0.29) is 4.90 Å². The summed E-state index contributed by atoms with van der Waals surface area (Å²) in [5, 5.41) is 12.1. The fourth-order valence-corrected chi connectivity index (χ4v) is 2.66. The molecular weight excluding hydrogens is 270 g/mol. The first-order chi connectivity index (χ1) is 8.47. The van der Waals surface area contributed by atoms with E-state index < -0.39 is 10.0 Å². The van der Waals surface area contributed by atoms with Gasteiger partial charge in [0.1, 0.15) is 0 Å². The summed E-state index contributed by atoms with van der Waals surface area (Å²) in [6.07, 6.45) is 0. The number of primary sulfonamides is 1. The second-order valence-electron chi connectivity index (χ2n) is 3.78. The van der Waals surface area contributed by atoms with Crippen LogP contribution in [0.5, 0.6) is 0 Å². The number of rotatable bonds is 4. The van der Waals surface area contributed by atoms with Gasteiger partial charge in [0.25, 0.3) is 0 Å². The summed E-state index contributed by atoms with van der Waals surface area (Å²) in [6, 6.07) is 6.34. The van der Waals surface area contributed by atoms with Gasteiger partial charge < -0.3 is 11.1 Å². The highest BCUT2D eigenvalue weighted by Crippen LogP contribution is 2.23. The largest absolute Gasteiger partial charge is 0.397 e. The lowest BCUT2D eigenvalue weighted by molar-refractivity contribution is 0.598. The number of benzene rings is 1. The zero-order valence-electron chi connectivity index (χ0n) is 9.46. The third-order valence-electron chi connectivity index (χ3n) is 2.42. The lowest BCUT2D eigenvalue weighted by Gasteiger charge is -2.10. The van der Waals surface area contributed by atoms with Crippen molar-refractivity contribution in [3.05, 3.63) is 40.6 Å². The van der Waals surface area contributed by atoms with Crippen molar-refractivity contribution in [2.45, 2.75) is 11.4 Å². The smallest absolute Gasteiger partial charge is 0.238 e. The Hall–Kier alpha value is -1.57. The van der Waals surface area contributed by atoms with Crippen LogP contribution < -0.4 is 16.2 Å². The van der Waals surface area contributed by atoms with Crippen molar-refractivity contribution in [1.82, 2.24) is 0 Å². The Balaban J connectivity index is 2.22. The number of thiophene rings is 1. The van der Waals surface area contributed by atoms with Gasteiger partial charge in [-0.05, 0) is 40.6 Å². The fourth-order valence-electron chi connectivity index (χ4n) is 1.46.